The fourth-order valence-electron chi connectivity index (χ4n) is 1.21. The van der Waals surface area contributed by atoms with Crippen molar-refractivity contribution in [3.8, 4) is 0 Å². The summed E-state index contributed by atoms with van der Waals surface area (Å²) in [5.74, 6) is 0. The Balaban J connectivity index is 0.000000200. The second-order valence-electron chi connectivity index (χ2n) is 3.47. The van der Waals surface area contributed by atoms with Crippen LogP contribution in [0.15, 0.2) is 70.5 Å². The van der Waals surface area contributed by atoms with Crippen LogP contribution in [0.1, 0.15) is 0 Å². The molecule has 0 aromatic heterocycles. The van der Waals surface area contributed by atoms with Crippen LogP contribution < -0.4 is 11.5 Å². The highest BCUT2D eigenvalue weighted by molar-refractivity contribution is 8.23. The van der Waals surface area contributed by atoms with Crippen molar-refractivity contribution < 1.29 is 0 Å². The molecule has 0 aliphatic rings. The number of benzene rings is 2. The average molecular weight is 339 g/mol. The molecule has 20 heavy (non-hydrogen) atoms. The predicted octanol–water partition coefficient (Wildman–Crippen LogP) is 4.04. The van der Waals surface area contributed by atoms with E-state index < -0.39 is 0 Å². The maximum atomic E-state index is 5.32. The van der Waals surface area contributed by atoms with E-state index in [1.165, 1.54) is 23.5 Å². The fraction of sp³-hybridized carbons (Fsp3) is 0. The summed E-state index contributed by atoms with van der Waals surface area (Å²) in [7, 11) is 0. The molecule has 0 aliphatic heterocycles. The first-order valence-corrected chi connectivity index (χ1v) is 8.07. The second-order valence-corrected chi connectivity index (χ2v) is 7.10. The number of thiocarbonyl (C=S) groups is 2. The Hall–Kier alpha value is -1.08. The van der Waals surface area contributed by atoms with Gasteiger partial charge in [-0.15, -0.1) is 0 Å². The molecular weight excluding hydrogens is 324 g/mol. The molecule has 2 rings (SSSR count). The van der Waals surface area contributed by atoms with Crippen LogP contribution >= 0.6 is 48.0 Å². The van der Waals surface area contributed by atoms with Gasteiger partial charge in [0, 0.05) is 9.79 Å². The van der Waals surface area contributed by atoms with Gasteiger partial charge in [-0.05, 0) is 24.3 Å². The van der Waals surface area contributed by atoms with Crippen LogP contribution in [0.4, 0.5) is 0 Å². The minimum atomic E-state index is 0.464. The highest BCUT2D eigenvalue weighted by atomic mass is 32.2. The first-order valence-electron chi connectivity index (χ1n) is 5.62. The van der Waals surface area contributed by atoms with Crippen molar-refractivity contribution in [3.05, 3.63) is 60.7 Å². The van der Waals surface area contributed by atoms with Crippen molar-refractivity contribution in [2.75, 3.05) is 0 Å². The Morgan fingerprint density at radius 3 is 1.20 bits per heavy atom. The highest BCUT2D eigenvalue weighted by Crippen LogP contribution is 2.16. The third-order valence-electron chi connectivity index (χ3n) is 1.92. The average Bonchev–Trinajstić information content (AvgIpc) is 2.40. The summed E-state index contributed by atoms with van der Waals surface area (Å²) in [5.41, 5.74) is 10.6. The van der Waals surface area contributed by atoms with Gasteiger partial charge in [-0.3, -0.25) is 0 Å². The monoisotopic (exact) mass is 338 g/mol. The highest BCUT2D eigenvalue weighted by Gasteiger charge is 1.92. The fourth-order valence-corrected chi connectivity index (χ4v) is 2.84. The lowest BCUT2D eigenvalue weighted by Gasteiger charge is -1.95. The molecule has 4 N–H and O–H groups in total. The number of thioether (sulfide) groups is 2. The number of rotatable bonds is 2. The molecule has 0 atom stereocenters. The van der Waals surface area contributed by atoms with Gasteiger partial charge in [-0.2, -0.15) is 0 Å². The Bertz CT molecular complexity index is 492. The maximum Gasteiger partial charge on any atom is 0.135 e. The molecule has 104 valence electrons. The van der Waals surface area contributed by atoms with E-state index in [4.69, 9.17) is 35.9 Å². The van der Waals surface area contributed by atoms with Crippen LogP contribution in [-0.2, 0) is 0 Å². The summed E-state index contributed by atoms with van der Waals surface area (Å²) in [6.45, 7) is 0. The maximum absolute atomic E-state index is 5.32. The number of hydrogen-bond donors (Lipinski definition) is 2. The Morgan fingerprint density at radius 2 is 0.950 bits per heavy atom. The third-order valence-corrected chi connectivity index (χ3v) is 3.84. The van der Waals surface area contributed by atoms with Crippen LogP contribution in [0.25, 0.3) is 0 Å². The summed E-state index contributed by atoms with van der Waals surface area (Å²) in [6.07, 6.45) is 0. The summed E-state index contributed by atoms with van der Waals surface area (Å²) >= 11 is 12.3. The molecule has 0 heterocycles. The predicted molar refractivity (Wildman–Crippen MR) is 98.2 cm³/mol. The SMILES string of the molecule is NC(=S)Sc1ccccc1.NC(=S)Sc1ccccc1. The topological polar surface area (TPSA) is 52.0 Å². The molecule has 0 saturated carbocycles. The Kier molecular flexibility index (Phi) is 8.29. The molecule has 0 radical (unpaired) electrons. The lowest BCUT2D eigenvalue weighted by Crippen LogP contribution is -2.00. The van der Waals surface area contributed by atoms with Crippen LogP contribution in [0, 0.1) is 0 Å². The van der Waals surface area contributed by atoms with E-state index in [0.717, 1.165) is 9.79 Å². The molecule has 0 unspecified atom stereocenters. The third kappa shape index (κ3) is 8.16. The van der Waals surface area contributed by atoms with E-state index in [1.54, 1.807) is 0 Å². The van der Waals surface area contributed by atoms with Crippen LogP contribution in [0.5, 0.6) is 0 Å². The number of hydrogen-bond acceptors (Lipinski definition) is 4. The number of nitrogens with two attached hydrogens (primary N) is 2. The molecule has 0 fully saturated rings. The molecule has 2 aromatic rings. The largest absolute Gasteiger partial charge is 0.384 e. The van der Waals surface area contributed by atoms with Crippen molar-refractivity contribution in [3.63, 3.8) is 0 Å². The lowest BCUT2D eigenvalue weighted by atomic mass is 10.4. The molecule has 2 nitrogen and oxygen atoms in total. The smallest absolute Gasteiger partial charge is 0.135 e. The normalized spacial score (nSPS) is 9.20. The van der Waals surface area contributed by atoms with Gasteiger partial charge < -0.3 is 11.5 Å². The van der Waals surface area contributed by atoms with Crippen molar-refractivity contribution >= 4 is 56.6 Å². The van der Waals surface area contributed by atoms with E-state index in [-0.39, 0.29) is 0 Å². The zero-order valence-corrected chi connectivity index (χ0v) is 13.8. The van der Waals surface area contributed by atoms with Gasteiger partial charge in [0.2, 0.25) is 0 Å². The van der Waals surface area contributed by atoms with Crippen LogP contribution in [-0.4, -0.2) is 8.64 Å². The van der Waals surface area contributed by atoms with Gasteiger partial charge in [0.15, 0.2) is 0 Å². The summed E-state index contributed by atoms with van der Waals surface area (Å²) < 4.78 is 0.928. The van der Waals surface area contributed by atoms with Gasteiger partial charge in [0.05, 0.1) is 0 Å². The Morgan fingerprint density at radius 1 is 0.650 bits per heavy atom. The van der Waals surface area contributed by atoms with E-state index in [9.17, 15) is 0 Å². The van der Waals surface area contributed by atoms with Crippen molar-refractivity contribution in [2.45, 2.75) is 9.79 Å². The van der Waals surface area contributed by atoms with Crippen LogP contribution in [0.2, 0.25) is 0 Å². The molecule has 0 spiro atoms. The van der Waals surface area contributed by atoms with E-state index >= 15 is 0 Å². The van der Waals surface area contributed by atoms with Crippen LogP contribution in [0.3, 0.4) is 0 Å². The van der Waals surface area contributed by atoms with Gasteiger partial charge in [0.1, 0.15) is 8.64 Å². The zero-order chi connectivity index (χ0) is 14.8. The van der Waals surface area contributed by atoms with E-state index in [2.05, 4.69) is 0 Å². The lowest BCUT2D eigenvalue weighted by molar-refractivity contribution is 1.47. The first kappa shape index (κ1) is 17.0. The minimum absolute atomic E-state index is 0.464. The molecule has 0 saturated heterocycles. The minimum Gasteiger partial charge on any atom is -0.384 e. The zero-order valence-electron chi connectivity index (χ0n) is 10.6. The molecule has 6 heteroatoms. The van der Waals surface area contributed by atoms with Crippen molar-refractivity contribution in [1.82, 2.24) is 0 Å². The van der Waals surface area contributed by atoms with Gasteiger partial charge in [0.25, 0.3) is 0 Å². The second kappa shape index (κ2) is 9.77. The molecule has 2 aromatic carbocycles. The summed E-state index contributed by atoms with van der Waals surface area (Å²) in [5, 5.41) is 0. The summed E-state index contributed by atoms with van der Waals surface area (Å²) in [4.78, 5) is 2.19. The summed E-state index contributed by atoms with van der Waals surface area (Å²) in [6, 6.07) is 19.7. The molecular formula is C14H14N2S4. The van der Waals surface area contributed by atoms with E-state index in [1.807, 2.05) is 60.7 Å². The van der Waals surface area contributed by atoms with Crippen molar-refractivity contribution in [1.29, 1.82) is 0 Å². The first-order chi connectivity index (χ1) is 9.58. The van der Waals surface area contributed by atoms with E-state index in [0.29, 0.717) is 8.64 Å². The molecule has 0 bridgehead atoms. The van der Waals surface area contributed by atoms with Gasteiger partial charge in [-0.25, -0.2) is 0 Å². The van der Waals surface area contributed by atoms with Gasteiger partial charge in [-0.1, -0.05) is 84.4 Å². The van der Waals surface area contributed by atoms with Crippen molar-refractivity contribution in [2.24, 2.45) is 11.5 Å². The quantitative estimate of drug-likeness (QED) is 0.636. The standard InChI is InChI=1S/2C7H7NS2/c2*8-7(9)10-6-4-2-1-3-5-6/h2*1-5H,(H2,8,9). The Labute approximate surface area is 138 Å². The van der Waals surface area contributed by atoms with Gasteiger partial charge >= 0.3 is 0 Å². The molecule has 0 aliphatic carbocycles. The molecule has 0 amide bonds.